The summed E-state index contributed by atoms with van der Waals surface area (Å²) >= 11 is 16.9. The van der Waals surface area contributed by atoms with Gasteiger partial charge in [0.15, 0.2) is 0 Å². The van der Waals surface area contributed by atoms with E-state index in [0.717, 1.165) is 23.5 Å². The first-order chi connectivity index (χ1) is 12.8. The first kappa shape index (κ1) is 22.8. The van der Waals surface area contributed by atoms with Crippen molar-refractivity contribution in [1.29, 1.82) is 0 Å². The number of hydrogen-bond acceptors (Lipinski definition) is 4. The van der Waals surface area contributed by atoms with Crippen LogP contribution in [0.5, 0.6) is 0 Å². The summed E-state index contributed by atoms with van der Waals surface area (Å²) in [4.78, 5) is 14.2. The fourth-order valence-corrected chi connectivity index (χ4v) is 2.64. The number of alkyl halides is 3. The van der Waals surface area contributed by atoms with Crippen molar-refractivity contribution in [3.05, 3.63) is 41.6 Å². The average Bonchev–Trinajstić information content (AvgIpc) is 2.96. The van der Waals surface area contributed by atoms with Crippen molar-refractivity contribution in [3.63, 3.8) is 0 Å². The van der Waals surface area contributed by atoms with E-state index in [4.69, 9.17) is 39.5 Å². The summed E-state index contributed by atoms with van der Waals surface area (Å²) in [7, 11) is 4.01. The highest BCUT2D eigenvalue weighted by Crippen LogP contribution is 2.28. The van der Waals surface area contributed by atoms with Gasteiger partial charge in [-0.25, -0.2) is 9.48 Å². The lowest BCUT2D eigenvalue weighted by molar-refractivity contribution is 0.163. The maximum Gasteiger partial charge on any atom is 0.412 e. The molecular weight excluding hydrogens is 423 g/mol. The minimum absolute atomic E-state index is 0.204. The van der Waals surface area contributed by atoms with Crippen LogP contribution in [0.15, 0.2) is 30.3 Å². The Morgan fingerprint density at radius 2 is 1.89 bits per heavy atom. The number of nitrogens with zero attached hydrogens (tertiary/aromatic N) is 3. The number of amides is 1. The molecule has 1 aromatic heterocycles. The van der Waals surface area contributed by atoms with Crippen molar-refractivity contribution in [3.8, 4) is 5.69 Å². The van der Waals surface area contributed by atoms with Crippen LogP contribution in [-0.4, -0.2) is 45.3 Å². The molecule has 2 rings (SSSR count). The SMILES string of the molecule is CN(C)Cc1cccc(-n2nc(C(C)(C)C)cc2NC(=O)OCC(Cl)(Cl)Cl)c1. The predicted molar refractivity (Wildman–Crippen MR) is 115 cm³/mol. The van der Waals surface area contributed by atoms with Crippen molar-refractivity contribution in [2.75, 3.05) is 26.0 Å². The number of ether oxygens (including phenoxy) is 1. The molecule has 0 spiro atoms. The third-order valence-corrected chi connectivity index (χ3v) is 4.06. The number of halogens is 3. The largest absolute Gasteiger partial charge is 0.445 e. The van der Waals surface area contributed by atoms with E-state index in [1.807, 2.05) is 65.2 Å². The van der Waals surface area contributed by atoms with Crippen LogP contribution in [0.25, 0.3) is 5.69 Å². The zero-order valence-corrected chi connectivity index (χ0v) is 18.9. The summed E-state index contributed by atoms with van der Waals surface area (Å²) in [5.41, 5.74) is 2.57. The lowest BCUT2D eigenvalue weighted by Gasteiger charge is -2.15. The lowest BCUT2D eigenvalue weighted by atomic mass is 9.92. The van der Waals surface area contributed by atoms with Gasteiger partial charge < -0.3 is 9.64 Å². The number of carbonyl (C=O) groups is 1. The normalized spacial score (nSPS) is 12.3. The van der Waals surface area contributed by atoms with Gasteiger partial charge in [-0.15, -0.1) is 0 Å². The van der Waals surface area contributed by atoms with Gasteiger partial charge in [-0.05, 0) is 31.8 Å². The van der Waals surface area contributed by atoms with E-state index in [0.29, 0.717) is 5.82 Å². The van der Waals surface area contributed by atoms with Gasteiger partial charge >= 0.3 is 6.09 Å². The Morgan fingerprint density at radius 1 is 1.21 bits per heavy atom. The van der Waals surface area contributed by atoms with Crippen LogP contribution in [-0.2, 0) is 16.7 Å². The first-order valence-electron chi connectivity index (χ1n) is 8.70. The Morgan fingerprint density at radius 3 is 2.46 bits per heavy atom. The molecule has 6 nitrogen and oxygen atoms in total. The number of aromatic nitrogens is 2. The van der Waals surface area contributed by atoms with Gasteiger partial charge in [0.1, 0.15) is 12.4 Å². The number of nitrogens with one attached hydrogen (secondary N) is 1. The molecule has 1 N–H and O–H groups in total. The second kappa shape index (κ2) is 8.91. The van der Waals surface area contributed by atoms with Crippen molar-refractivity contribution >= 4 is 46.7 Å². The van der Waals surface area contributed by atoms with E-state index in [9.17, 15) is 4.79 Å². The molecule has 0 radical (unpaired) electrons. The zero-order chi connectivity index (χ0) is 21.1. The molecule has 0 aliphatic heterocycles. The van der Waals surface area contributed by atoms with Crippen molar-refractivity contribution in [2.45, 2.75) is 36.5 Å². The van der Waals surface area contributed by atoms with Gasteiger partial charge in [0.05, 0.1) is 11.4 Å². The minimum Gasteiger partial charge on any atom is -0.445 e. The van der Waals surface area contributed by atoms with E-state index in [1.165, 1.54) is 0 Å². The summed E-state index contributed by atoms with van der Waals surface area (Å²) in [6, 6.07) is 9.76. The van der Waals surface area contributed by atoms with Gasteiger partial charge in [-0.3, -0.25) is 5.32 Å². The zero-order valence-electron chi connectivity index (χ0n) is 16.6. The first-order valence-corrected chi connectivity index (χ1v) is 9.84. The van der Waals surface area contributed by atoms with Crippen LogP contribution in [0.2, 0.25) is 0 Å². The number of anilines is 1. The summed E-state index contributed by atoms with van der Waals surface area (Å²) in [5.74, 6) is 0.473. The van der Waals surface area contributed by atoms with Crippen LogP contribution < -0.4 is 5.32 Å². The van der Waals surface area contributed by atoms with Crippen LogP contribution in [0.3, 0.4) is 0 Å². The molecule has 9 heteroatoms. The maximum absolute atomic E-state index is 12.2. The van der Waals surface area contributed by atoms with E-state index in [2.05, 4.69) is 15.3 Å². The molecule has 0 fully saturated rings. The molecule has 0 atom stereocenters. The summed E-state index contributed by atoms with van der Waals surface area (Å²) in [6.45, 7) is 6.57. The summed E-state index contributed by atoms with van der Waals surface area (Å²) in [5, 5.41) is 7.38. The highest BCUT2D eigenvalue weighted by atomic mass is 35.6. The molecular formula is C19H25Cl3N4O2. The van der Waals surface area contributed by atoms with Crippen molar-refractivity contribution < 1.29 is 9.53 Å². The lowest BCUT2D eigenvalue weighted by Crippen LogP contribution is -2.22. The van der Waals surface area contributed by atoms with Crippen molar-refractivity contribution in [2.24, 2.45) is 0 Å². The Hall–Kier alpha value is -1.47. The molecule has 0 saturated heterocycles. The standard InChI is InChI=1S/C19H25Cl3N4O2/c1-18(2,3)15-10-16(23-17(27)28-12-19(20,21)22)26(24-15)14-8-6-7-13(9-14)11-25(4)5/h6-10H,11-12H2,1-5H3,(H,23,27). The minimum atomic E-state index is -1.67. The highest BCUT2D eigenvalue weighted by Gasteiger charge is 2.24. The Labute approximate surface area is 180 Å². The Balaban J connectivity index is 2.35. The third-order valence-electron chi connectivity index (χ3n) is 3.73. The topological polar surface area (TPSA) is 59.4 Å². The molecule has 0 aliphatic carbocycles. The summed E-state index contributed by atoms with van der Waals surface area (Å²) < 4.78 is 4.98. The van der Waals surface area contributed by atoms with Crippen LogP contribution >= 0.6 is 34.8 Å². The number of carbonyl (C=O) groups excluding carboxylic acids is 1. The average molecular weight is 448 g/mol. The Bertz CT molecular complexity index is 823. The number of rotatable bonds is 5. The molecule has 2 aromatic rings. The highest BCUT2D eigenvalue weighted by molar-refractivity contribution is 6.67. The van der Waals surface area contributed by atoms with E-state index < -0.39 is 9.89 Å². The van der Waals surface area contributed by atoms with Crippen LogP contribution in [0.1, 0.15) is 32.0 Å². The fourth-order valence-electron chi connectivity index (χ4n) is 2.47. The monoisotopic (exact) mass is 446 g/mol. The molecule has 1 aromatic carbocycles. The predicted octanol–water partition coefficient (Wildman–Crippen LogP) is 5.15. The van der Waals surface area contributed by atoms with E-state index >= 15 is 0 Å². The molecule has 1 amide bonds. The number of benzene rings is 1. The molecule has 28 heavy (non-hydrogen) atoms. The van der Waals surface area contributed by atoms with Gasteiger partial charge in [-0.2, -0.15) is 5.10 Å². The van der Waals surface area contributed by atoms with E-state index in [1.54, 1.807) is 4.68 Å². The van der Waals surface area contributed by atoms with Crippen molar-refractivity contribution in [1.82, 2.24) is 14.7 Å². The molecule has 0 unspecified atom stereocenters. The third kappa shape index (κ3) is 6.85. The molecule has 0 bridgehead atoms. The number of hydrogen-bond donors (Lipinski definition) is 1. The fraction of sp³-hybridized carbons (Fsp3) is 0.474. The van der Waals surface area contributed by atoms with Gasteiger partial charge in [0.25, 0.3) is 0 Å². The van der Waals surface area contributed by atoms with E-state index in [-0.39, 0.29) is 12.0 Å². The van der Waals surface area contributed by atoms with Gasteiger partial charge in [0.2, 0.25) is 3.79 Å². The molecule has 0 saturated carbocycles. The second-order valence-electron chi connectivity index (χ2n) is 7.80. The molecule has 1 heterocycles. The van der Waals surface area contributed by atoms with Gasteiger partial charge in [0, 0.05) is 18.0 Å². The second-order valence-corrected chi connectivity index (χ2v) is 10.3. The maximum atomic E-state index is 12.2. The molecule has 0 aliphatic rings. The van der Waals surface area contributed by atoms with Crippen LogP contribution in [0.4, 0.5) is 10.6 Å². The molecule has 154 valence electrons. The quantitative estimate of drug-likeness (QED) is 0.644. The Kier molecular flexibility index (Phi) is 7.26. The van der Waals surface area contributed by atoms with Gasteiger partial charge in [-0.1, -0.05) is 67.7 Å². The summed E-state index contributed by atoms with van der Waals surface area (Å²) in [6.07, 6.45) is -0.725. The smallest absolute Gasteiger partial charge is 0.412 e. The van der Waals surface area contributed by atoms with Crippen LogP contribution in [0, 0.1) is 0 Å².